The number of esters is 1. The first-order valence-electron chi connectivity index (χ1n) is 19.1. The van der Waals surface area contributed by atoms with Gasteiger partial charge in [0.15, 0.2) is 5.78 Å². The molecule has 0 amide bonds. The van der Waals surface area contributed by atoms with E-state index in [0.717, 1.165) is 64.8 Å². The van der Waals surface area contributed by atoms with E-state index in [1.807, 2.05) is 39.8 Å². The van der Waals surface area contributed by atoms with Crippen molar-refractivity contribution in [1.29, 1.82) is 0 Å². The quantitative estimate of drug-likeness (QED) is 0.184. The number of aliphatic hydroxyl groups is 2. The summed E-state index contributed by atoms with van der Waals surface area (Å²) in [5.41, 5.74) is 6.17. The topological polar surface area (TPSA) is 98.0 Å². The van der Waals surface area contributed by atoms with Gasteiger partial charge in [-0.1, -0.05) is 56.7 Å². The number of aromatic nitrogens is 1. The van der Waals surface area contributed by atoms with Crippen LogP contribution in [0.3, 0.4) is 0 Å². The maximum Gasteiger partial charge on any atom is 0.309 e. The molecule has 0 spiro atoms. The van der Waals surface area contributed by atoms with Crippen molar-refractivity contribution >= 4 is 28.2 Å². The largest absolute Gasteiger partial charge is 0.469 e. The van der Waals surface area contributed by atoms with Crippen LogP contribution in [0.25, 0.3) is 16.5 Å². The van der Waals surface area contributed by atoms with Crippen molar-refractivity contribution in [2.45, 2.75) is 136 Å². The number of hydrogen-bond donors (Lipinski definition) is 2. The van der Waals surface area contributed by atoms with E-state index in [9.17, 15) is 19.8 Å². The second kappa shape index (κ2) is 11.1. The number of ether oxygens (including phenoxy) is 2. The third-order valence-electron chi connectivity index (χ3n) is 14.5. The number of nitrogens with zero attached hydrogens (tertiary/aromatic N) is 1. The van der Waals surface area contributed by atoms with Gasteiger partial charge in [0.05, 0.1) is 53.9 Å². The minimum Gasteiger partial charge on any atom is -0.469 e. The SMILES string of the molecule is C=C(C)[C@H]1C(=O)c2c3c(cc4c5c(n1c24)[C@@]1(C)[C](CCC2[C@](C)(/C=C/C=C(\C)CC(=O)OC)C(O)CC[C@@]21C)C5)C1=CC(C)(C)OC(C)(C)[C]1C3O. The molecule has 2 saturated carbocycles. The van der Waals surface area contributed by atoms with Crippen molar-refractivity contribution in [3.05, 3.63) is 87.9 Å². The maximum atomic E-state index is 14.9. The molecule has 276 valence electrons. The smallest absolute Gasteiger partial charge is 0.309 e. The van der Waals surface area contributed by atoms with E-state index >= 15 is 0 Å². The van der Waals surface area contributed by atoms with Crippen LogP contribution in [0.1, 0.15) is 139 Å². The Kier molecular flexibility index (Phi) is 7.66. The minimum atomic E-state index is -0.940. The molecule has 2 radical (unpaired) electrons. The Morgan fingerprint density at radius 2 is 1.83 bits per heavy atom. The fourth-order valence-electron chi connectivity index (χ4n) is 12.3. The predicted molar refractivity (Wildman–Crippen MR) is 204 cm³/mol. The number of benzene rings is 1. The molecule has 7 atom stereocenters. The number of carbonyl (C=O) groups excluding carboxylic acids is 2. The van der Waals surface area contributed by atoms with Crippen molar-refractivity contribution in [3.8, 4) is 0 Å². The molecule has 2 aliphatic heterocycles. The van der Waals surface area contributed by atoms with Crippen molar-refractivity contribution in [1.82, 2.24) is 4.57 Å². The molecule has 3 heterocycles. The molecule has 2 aromatic rings. The van der Waals surface area contributed by atoms with E-state index in [0.29, 0.717) is 17.5 Å². The molecule has 0 saturated heterocycles. The van der Waals surface area contributed by atoms with Crippen LogP contribution in [0.15, 0.2) is 48.1 Å². The van der Waals surface area contributed by atoms with Crippen LogP contribution in [-0.4, -0.2) is 50.9 Å². The molecule has 52 heavy (non-hydrogen) atoms. The van der Waals surface area contributed by atoms with Crippen LogP contribution < -0.4 is 0 Å². The van der Waals surface area contributed by atoms with Gasteiger partial charge in [-0.05, 0) is 120 Å². The summed E-state index contributed by atoms with van der Waals surface area (Å²) in [6.07, 6.45) is 11.4. The number of methoxy groups -OCH3 is 1. The van der Waals surface area contributed by atoms with Crippen molar-refractivity contribution in [3.63, 3.8) is 0 Å². The molecule has 4 aliphatic carbocycles. The molecule has 1 aromatic carbocycles. The van der Waals surface area contributed by atoms with Gasteiger partial charge in [0, 0.05) is 27.5 Å². The van der Waals surface area contributed by atoms with E-state index in [1.165, 1.54) is 24.3 Å². The summed E-state index contributed by atoms with van der Waals surface area (Å²) in [6, 6.07) is 1.73. The van der Waals surface area contributed by atoms with Gasteiger partial charge in [-0.25, -0.2) is 0 Å². The van der Waals surface area contributed by atoms with Crippen molar-refractivity contribution in [2.75, 3.05) is 7.11 Å². The highest BCUT2D eigenvalue weighted by Gasteiger charge is 2.68. The number of fused-ring (bicyclic) bond motifs is 11. The molecule has 0 bridgehead atoms. The van der Waals surface area contributed by atoms with Crippen LogP contribution in [0.4, 0.5) is 0 Å². The van der Waals surface area contributed by atoms with Crippen LogP contribution >= 0.6 is 0 Å². The molecular weight excluding hydrogens is 650 g/mol. The summed E-state index contributed by atoms with van der Waals surface area (Å²) in [5, 5.41) is 25.0. The fourth-order valence-corrected chi connectivity index (χ4v) is 12.3. The predicted octanol–water partition coefficient (Wildman–Crippen LogP) is 8.58. The highest BCUT2D eigenvalue weighted by atomic mass is 16.5. The minimum absolute atomic E-state index is 0.0135. The second-order valence-corrected chi connectivity index (χ2v) is 18.5. The lowest BCUT2D eigenvalue weighted by Gasteiger charge is -2.64. The Morgan fingerprint density at radius 1 is 1.12 bits per heavy atom. The van der Waals surface area contributed by atoms with E-state index in [4.69, 9.17) is 9.47 Å². The van der Waals surface area contributed by atoms with Gasteiger partial charge in [-0.2, -0.15) is 0 Å². The zero-order valence-electron chi connectivity index (χ0n) is 32.6. The Labute approximate surface area is 308 Å². The molecule has 7 nitrogen and oxygen atoms in total. The zero-order valence-corrected chi connectivity index (χ0v) is 32.6. The summed E-state index contributed by atoms with van der Waals surface area (Å²) >= 11 is 0. The number of Topliss-reactive ketones (excluding diaryl/α,β-unsaturated/α-hetero) is 1. The molecule has 2 N–H and O–H groups in total. The average Bonchev–Trinajstić information content (AvgIpc) is 3.71. The van der Waals surface area contributed by atoms with Gasteiger partial charge in [-0.3, -0.25) is 9.59 Å². The first kappa shape index (κ1) is 35.8. The van der Waals surface area contributed by atoms with E-state index in [1.54, 1.807) is 0 Å². The number of carbonyl (C=O) groups is 2. The summed E-state index contributed by atoms with van der Waals surface area (Å²) < 4.78 is 13.7. The molecular formula is C45H55NO6. The number of hydrogen-bond acceptors (Lipinski definition) is 6. The Morgan fingerprint density at radius 3 is 2.50 bits per heavy atom. The second-order valence-electron chi connectivity index (χ2n) is 18.5. The van der Waals surface area contributed by atoms with Crippen LogP contribution in [0.5, 0.6) is 0 Å². The highest BCUT2D eigenvalue weighted by Crippen LogP contribution is 2.72. The van der Waals surface area contributed by atoms with Crippen molar-refractivity contribution < 1.29 is 29.3 Å². The van der Waals surface area contributed by atoms with Crippen molar-refractivity contribution in [2.24, 2.45) is 16.7 Å². The summed E-state index contributed by atoms with van der Waals surface area (Å²) in [6.45, 7) is 23.5. The standard InChI is InChI=1S/C45H55NO6/c1-23(2)36-39(50)34-33-26(29-22-41(4,5)52-42(6,7)35(29)38(33)49)21-27-28-20-25-14-15-30-43(8,17-12-13-24(3)19-32(48)51-11)31(47)16-18-44(30,9)45(25,10)40(28)46(36)37(27)34/h12-13,17,21-22,30-31,36,38,47,49H,1,14-16,18-20H2,2-11H3/b17-12+,24-13+/t30?,31?,36-,38?,43-,44-,45+/m0/s1. The van der Waals surface area contributed by atoms with Gasteiger partial charge < -0.3 is 24.3 Å². The number of ketones is 1. The van der Waals surface area contributed by atoms with E-state index in [2.05, 4.69) is 64.0 Å². The molecule has 1 aromatic heterocycles. The fraction of sp³-hybridized carbons (Fsp3) is 0.556. The van der Waals surface area contributed by atoms with Gasteiger partial charge >= 0.3 is 5.97 Å². The third kappa shape index (κ3) is 4.42. The highest BCUT2D eigenvalue weighted by molar-refractivity contribution is 6.19. The summed E-state index contributed by atoms with van der Waals surface area (Å²) in [4.78, 5) is 26.8. The molecule has 7 heteroatoms. The lowest BCUT2D eigenvalue weighted by Crippen LogP contribution is -2.61. The number of allylic oxidation sites excluding steroid dienone is 3. The normalized spacial score (nSPS) is 36.0. The molecule has 8 rings (SSSR count). The van der Waals surface area contributed by atoms with Crippen LogP contribution in [0.2, 0.25) is 0 Å². The number of rotatable bonds is 5. The molecule has 3 unspecified atom stereocenters. The average molecular weight is 706 g/mol. The Hall–Kier alpha value is -3.26. The number of aliphatic hydroxyl groups excluding tert-OH is 2. The van der Waals surface area contributed by atoms with Gasteiger partial charge in [-0.15, -0.1) is 0 Å². The molecule has 6 aliphatic rings. The Balaban J connectivity index is 1.32. The van der Waals surface area contributed by atoms with Gasteiger partial charge in [0.25, 0.3) is 0 Å². The lowest BCUT2D eigenvalue weighted by molar-refractivity contribution is -0.139. The maximum absolute atomic E-state index is 14.9. The van der Waals surface area contributed by atoms with E-state index in [-0.39, 0.29) is 34.9 Å². The first-order valence-corrected chi connectivity index (χ1v) is 19.1. The summed E-state index contributed by atoms with van der Waals surface area (Å²) in [7, 11) is 1.40. The zero-order chi connectivity index (χ0) is 37.7. The van der Waals surface area contributed by atoms with Gasteiger partial charge in [0.2, 0.25) is 0 Å². The van der Waals surface area contributed by atoms with Crippen LogP contribution in [0, 0.1) is 28.6 Å². The third-order valence-corrected chi connectivity index (χ3v) is 14.5. The monoisotopic (exact) mass is 705 g/mol. The van der Waals surface area contributed by atoms with Gasteiger partial charge in [0.1, 0.15) is 6.04 Å². The Bertz CT molecular complexity index is 2060. The summed E-state index contributed by atoms with van der Waals surface area (Å²) in [5.74, 6) is 2.26. The van der Waals surface area contributed by atoms with E-state index < -0.39 is 34.9 Å². The molecule has 2 fully saturated rings. The first-order chi connectivity index (χ1) is 24.2. The lowest BCUT2D eigenvalue weighted by atomic mass is 9.40. The van der Waals surface area contributed by atoms with Crippen LogP contribution in [-0.2, 0) is 26.1 Å².